The number of fused-ring (bicyclic) bond motifs is 1. The second-order valence-electron chi connectivity index (χ2n) is 9.31. The summed E-state index contributed by atoms with van der Waals surface area (Å²) in [4.78, 5) is 8.60. The van der Waals surface area contributed by atoms with Gasteiger partial charge in [0.05, 0.1) is 10.6 Å². The van der Waals surface area contributed by atoms with E-state index in [2.05, 4.69) is 26.2 Å². The summed E-state index contributed by atoms with van der Waals surface area (Å²) in [5.41, 5.74) is 4.73. The molecule has 0 amide bonds. The van der Waals surface area contributed by atoms with Gasteiger partial charge in [-0.25, -0.2) is 12.7 Å². The Morgan fingerprint density at radius 2 is 1.42 bits per heavy atom. The van der Waals surface area contributed by atoms with Crippen LogP contribution in [-0.4, -0.2) is 28.6 Å². The standard InChI is InChI=1S/C30H25N5O2S/c1-22-7-9-26(10-8-22)38(36,37)35(25-5-3-2-4-6-25)29-27-11-16-30(21-28(27)33-34-29,23-12-17-31-18-13-23)24-14-19-32-20-15-24/h2-20H,21H2,1H3,(H,33,34). The number of nitrogens with zero attached hydrogens (tertiary/aromatic N) is 4. The number of hydrogen-bond acceptors (Lipinski definition) is 5. The fourth-order valence-corrected chi connectivity index (χ4v) is 6.48. The van der Waals surface area contributed by atoms with Crippen LogP contribution in [0.1, 0.15) is 27.9 Å². The van der Waals surface area contributed by atoms with Gasteiger partial charge in [-0.15, -0.1) is 0 Å². The Labute approximate surface area is 221 Å². The molecule has 0 unspecified atom stereocenters. The minimum atomic E-state index is -3.96. The predicted octanol–water partition coefficient (Wildman–Crippen LogP) is 5.59. The Morgan fingerprint density at radius 3 is 2.03 bits per heavy atom. The molecule has 0 atom stereocenters. The van der Waals surface area contributed by atoms with Gasteiger partial charge in [0, 0.05) is 47.9 Å². The van der Waals surface area contributed by atoms with Crippen LogP contribution in [0.25, 0.3) is 6.08 Å². The molecule has 2 aromatic carbocycles. The third kappa shape index (κ3) is 3.99. The van der Waals surface area contributed by atoms with Crippen LogP contribution < -0.4 is 4.31 Å². The molecule has 0 saturated carbocycles. The van der Waals surface area contributed by atoms with Crippen molar-refractivity contribution in [2.75, 3.05) is 4.31 Å². The molecule has 6 rings (SSSR count). The zero-order valence-electron chi connectivity index (χ0n) is 20.7. The zero-order valence-corrected chi connectivity index (χ0v) is 21.5. The molecule has 8 heteroatoms. The number of para-hydroxylation sites is 1. The van der Waals surface area contributed by atoms with E-state index in [4.69, 9.17) is 0 Å². The van der Waals surface area contributed by atoms with E-state index in [0.29, 0.717) is 17.9 Å². The fourth-order valence-electron chi connectivity index (χ4n) is 5.02. The Kier molecular flexibility index (Phi) is 5.88. The topological polar surface area (TPSA) is 91.8 Å². The van der Waals surface area contributed by atoms with Gasteiger partial charge in [-0.3, -0.25) is 15.1 Å². The molecule has 0 bridgehead atoms. The molecule has 5 aromatic rings. The van der Waals surface area contributed by atoms with Crippen LogP contribution in [0, 0.1) is 6.92 Å². The van der Waals surface area contributed by atoms with E-state index >= 15 is 0 Å². The number of anilines is 2. The highest BCUT2D eigenvalue weighted by Crippen LogP contribution is 2.44. The number of aromatic nitrogens is 4. The quantitative estimate of drug-likeness (QED) is 0.316. The van der Waals surface area contributed by atoms with Gasteiger partial charge in [-0.2, -0.15) is 5.10 Å². The largest absolute Gasteiger partial charge is 0.280 e. The molecule has 0 radical (unpaired) electrons. The van der Waals surface area contributed by atoms with Gasteiger partial charge in [0.25, 0.3) is 10.0 Å². The minimum absolute atomic E-state index is 0.200. The maximum atomic E-state index is 14.0. The number of nitrogens with one attached hydrogen (secondary N) is 1. The van der Waals surface area contributed by atoms with Gasteiger partial charge in [0.1, 0.15) is 0 Å². The van der Waals surface area contributed by atoms with Crippen molar-refractivity contribution in [2.24, 2.45) is 0 Å². The molecule has 1 N–H and O–H groups in total. The number of sulfonamides is 1. The van der Waals surface area contributed by atoms with Crippen LogP contribution >= 0.6 is 0 Å². The summed E-state index contributed by atoms with van der Waals surface area (Å²) >= 11 is 0. The lowest BCUT2D eigenvalue weighted by Gasteiger charge is -2.34. The van der Waals surface area contributed by atoms with Crippen LogP contribution in [0.15, 0.2) is 115 Å². The fraction of sp³-hybridized carbons (Fsp3) is 0.100. The molecular formula is C30H25N5O2S. The number of aryl methyl sites for hydroxylation is 1. The SMILES string of the molecule is Cc1ccc(S(=O)(=O)N(c2ccccc2)c2n[nH]c3c2C=CC(c2ccncc2)(c2ccncc2)C3)cc1. The van der Waals surface area contributed by atoms with Crippen LogP contribution in [0.2, 0.25) is 0 Å². The van der Waals surface area contributed by atoms with Crippen molar-refractivity contribution >= 4 is 27.6 Å². The number of pyridine rings is 2. The van der Waals surface area contributed by atoms with Crippen molar-refractivity contribution in [1.82, 2.24) is 20.2 Å². The molecule has 0 saturated heterocycles. The van der Waals surface area contributed by atoms with Crippen molar-refractivity contribution in [3.05, 3.63) is 138 Å². The number of rotatable bonds is 6. The van der Waals surface area contributed by atoms with E-state index < -0.39 is 15.4 Å². The number of allylic oxidation sites excluding steroid dienone is 1. The molecule has 1 aliphatic carbocycles. The summed E-state index contributed by atoms with van der Waals surface area (Å²) in [7, 11) is -3.96. The predicted molar refractivity (Wildman–Crippen MR) is 148 cm³/mol. The summed E-state index contributed by atoms with van der Waals surface area (Å²) in [6, 6.07) is 23.9. The number of H-pyrrole nitrogens is 1. The average molecular weight is 520 g/mol. The van der Waals surface area contributed by atoms with Crippen molar-refractivity contribution in [3.63, 3.8) is 0 Å². The smallest absolute Gasteiger partial charge is 0.269 e. The first-order valence-electron chi connectivity index (χ1n) is 12.2. The number of benzene rings is 2. The van der Waals surface area contributed by atoms with Gasteiger partial charge in [-0.05, 0) is 66.6 Å². The average Bonchev–Trinajstić information content (AvgIpc) is 3.37. The molecule has 188 valence electrons. The van der Waals surface area contributed by atoms with Gasteiger partial charge in [-0.1, -0.05) is 48.0 Å². The van der Waals surface area contributed by atoms with E-state index in [1.807, 2.05) is 55.5 Å². The monoisotopic (exact) mass is 519 g/mol. The van der Waals surface area contributed by atoms with E-state index in [1.165, 1.54) is 4.31 Å². The van der Waals surface area contributed by atoms with E-state index in [9.17, 15) is 8.42 Å². The van der Waals surface area contributed by atoms with E-state index in [0.717, 1.165) is 27.9 Å². The second kappa shape index (κ2) is 9.39. The van der Waals surface area contributed by atoms with Crippen molar-refractivity contribution in [3.8, 4) is 0 Å². The van der Waals surface area contributed by atoms with Gasteiger partial charge < -0.3 is 0 Å². The van der Waals surface area contributed by atoms with Crippen molar-refractivity contribution < 1.29 is 8.42 Å². The third-order valence-corrected chi connectivity index (χ3v) is 8.72. The lowest BCUT2D eigenvalue weighted by Crippen LogP contribution is -2.31. The molecule has 0 spiro atoms. The van der Waals surface area contributed by atoms with E-state index in [-0.39, 0.29) is 4.90 Å². The summed E-state index contributed by atoms with van der Waals surface area (Å²) in [5, 5.41) is 7.75. The molecule has 3 aromatic heterocycles. The molecule has 7 nitrogen and oxygen atoms in total. The highest BCUT2D eigenvalue weighted by molar-refractivity contribution is 7.93. The molecule has 1 aliphatic rings. The van der Waals surface area contributed by atoms with Crippen molar-refractivity contribution in [1.29, 1.82) is 0 Å². The number of hydrogen-bond donors (Lipinski definition) is 1. The maximum Gasteiger partial charge on any atom is 0.269 e. The Morgan fingerprint density at radius 1 is 0.816 bits per heavy atom. The van der Waals surface area contributed by atoms with E-state index in [1.54, 1.807) is 61.2 Å². The molecule has 0 aliphatic heterocycles. The summed E-state index contributed by atoms with van der Waals surface area (Å²) in [5.74, 6) is 0.334. The normalized spacial score (nSPS) is 14.1. The van der Waals surface area contributed by atoms with Crippen LogP contribution in [-0.2, 0) is 21.9 Å². The van der Waals surface area contributed by atoms with Crippen LogP contribution in [0.3, 0.4) is 0 Å². The Balaban J connectivity index is 1.51. The number of aromatic amines is 1. The summed E-state index contributed by atoms with van der Waals surface area (Å²) in [6.07, 6.45) is 11.8. The van der Waals surface area contributed by atoms with Crippen molar-refractivity contribution in [2.45, 2.75) is 23.7 Å². The lowest BCUT2D eigenvalue weighted by molar-refractivity contribution is 0.595. The minimum Gasteiger partial charge on any atom is -0.280 e. The highest BCUT2D eigenvalue weighted by Gasteiger charge is 2.39. The van der Waals surface area contributed by atoms with Gasteiger partial charge in [0.15, 0.2) is 5.82 Å². The first-order valence-corrected chi connectivity index (χ1v) is 13.7. The van der Waals surface area contributed by atoms with Crippen LogP contribution in [0.4, 0.5) is 11.5 Å². The first kappa shape index (κ1) is 23.8. The Hall–Kier alpha value is -4.56. The Bertz CT molecular complexity index is 1660. The summed E-state index contributed by atoms with van der Waals surface area (Å²) < 4.78 is 29.4. The zero-order chi connectivity index (χ0) is 26.2. The molecule has 3 heterocycles. The molecule has 38 heavy (non-hydrogen) atoms. The molecule has 0 fully saturated rings. The van der Waals surface area contributed by atoms with Gasteiger partial charge >= 0.3 is 0 Å². The third-order valence-electron chi connectivity index (χ3n) is 6.99. The second-order valence-corrected chi connectivity index (χ2v) is 11.1. The summed E-state index contributed by atoms with van der Waals surface area (Å²) in [6.45, 7) is 1.93. The maximum absolute atomic E-state index is 14.0. The van der Waals surface area contributed by atoms with Crippen LogP contribution in [0.5, 0.6) is 0 Å². The highest BCUT2D eigenvalue weighted by atomic mass is 32.2. The molecular weight excluding hydrogens is 494 g/mol. The first-order chi connectivity index (χ1) is 18.5. The lowest BCUT2D eigenvalue weighted by atomic mass is 9.69. The van der Waals surface area contributed by atoms with Gasteiger partial charge in [0.2, 0.25) is 0 Å².